The maximum Gasteiger partial charge on any atom is 0.234 e. The van der Waals surface area contributed by atoms with Gasteiger partial charge < -0.3 is 10.1 Å². The molecule has 1 amide bonds. The van der Waals surface area contributed by atoms with Gasteiger partial charge in [-0.25, -0.2) is 0 Å². The van der Waals surface area contributed by atoms with E-state index >= 15 is 0 Å². The van der Waals surface area contributed by atoms with Gasteiger partial charge in [-0.15, -0.1) is 11.8 Å². The molecule has 0 unspecified atom stereocenters. The van der Waals surface area contributed by atoms with Crippen molar-refractivity contribution in [2.45, 2.75) is 23.1 Å². The van der Waals surface area contributed by atoms with Crippen LogP contribution in [0.2, 0.25) is 0 Å². The Morgan fingerprint density at radius 2 is 2.00 bits per heavy atom. The van der Waals surface area contributed by atoms with Crippen LogP contribution >= 0.6 is 11.8 Å². The molecule has 108 valence electrons. The highest BCUT2D eigenvalue weighted by Crippen LogP contribution is 2.36. The van der Waals surface area contributed by atoms with Crippen LogP contribution in [0.5, 0.6) is 5.75 Å². The molecule has 1 aliphatic heterocycles. The zero-order valence-electron chi connectivity index (χ0n) is 11.8. The van der Waals surface area contributed by atoms with Crippen molar-refractivity contribution >= 4 is 17.7 Å². The number of fused-ring (bicyclic) bond motifs is 1. The molecule has 0 aromatic heterocycles. The van der Waals surface area contributed by atoms with Gasteiger partial charge in [-0.05, 0) is 24.1 Å². The topological polar surface area (TPSA) is 38.3 Å². The van der Waals surface area contributed by atoms with Gasteiger partial charge in [0.15, 0.2) is 0 Å². The van der Waals surface area contributed by atoms with Crippen LogP contribution < -0.4 is 10.1 Å². The summed E-state index contributed by atoms with van der Waals surface area (Å²) >= 11 is 1.65. The third-order valence-electron chi connectivity index (χ3n) is 3.59. The van der Waals surface area contributed by atoms with Crippen molar-refractivity contribution in [2.75, 3.05) is 7.11 Å². The van der Waals surface area contributed by atoms with Crippen molar-refractivity contribution < 1.29 is 9.53 Å². The van der Waals surface area contributed by atoms with Crippen LogP contribution in [-0.4, -0.2) is 18.3 Å². The summed E-state index contributed by atoms with van der Waals surface area (Å²) in [6.07, 6.45) is 0.804. The highest BCUT2D eigenvalue weighted by molar-refractivity contribution is 8.01. The first-order valence-electron chi connectivity index (χ1n) is 6.92. The lowest BCUT2D eigenvalue weighted by molar-refractivity contribution is -0.120. The van der Waals surface area contributed by atoms with E-state index < -0.39 is 0 Å². The number of carbonyl (C=O) groups is 1. The van der Waals surface area contributed by atoms with Crippen molar-refractivity contribution in [3.63, 3.8) is 0 Å². The summed E-state index contributed by atoms with van der Waals surface area (Å²) in [6.45, 7) is 0.496. The number of carbonyl (C=O) groups excluding carboxylic acids is 1. The molecule has 3 rings (SSSR count). The van der Waals surface area contributed by atoms with E-state index in [2.05, 4.69) is 17.4 Å². The van der Waals surface area contributed by atoms with Crippen LogP contribution in [-0.2, 0) is 17.8 Å². The minimum absolute atomic E-state index is 0.0305. The van der Waals surface area contributed by atoms with Gasteiger partial charge in [-0.2, -0.15) is 0 Å². The van der Waals surface area contributed by atoms with Crippen molar-refractivity contribution in [3.8, 4) is 5.75 Å². The molecule has 1 heterocycles. The lowest BCUT2D eigenvalue weighted by atomic mass is 10.1. The molecular weight excluding hydrogens is 282 g/mol. The fourth-order valence-corrected chi connectivity index (χ4v) is 3.69. The molecule has 4 heteroatoms. The Hall–Kier alpha value is -1.94. The van der Waals surface area contributed by atoms with Gasteiger partial charge in [0.1, 0.15) is 5.75 Å². The number of hydrogen-bond donors (Lipinski definition) is 1. The maximum atomic E-state index is 12.3. The van der Waals surface area contributed by atoms with Gasteiger partial charge in [-0.3, -0.25) is 4.79 Å². The Morgan fingerprint density at radius 3 is 2.81 bits per heavy atom. The number of ether oxygens (including phenoxy) is 1. The van der Waals surface area contributed by atoms with Crippen molar-refractivity contribution in [1.82, 2.24) is 5.32 Å². The fourth-order valence-electron chi connectivity index (χ4n) is 2.47. The molecule has 1 aliphatic rings. The van der Waals surface area contributed by atoms with Crippen LogP contribution in [0.15, 0.2) is 53.4 Å². The van der Waals surface area contributed by atoms with Gasteiger partial charge in [-0.1, -0.05) is 36.4 Å². The van der Waals surface area contributed by atoms with E-state index in [1.165, 1.54) is 10.5 Å². The molecular formula is C17H17NO2S. The molecule has 2 aromatic carbocycles. The highest BCUT2D eigenvalue weighted by Gasteiger charge is 2.27. The van der Waals surface area contributed by atoms with E-state index in [0.717, 1.165) is 17.7 Å². The first-order valence-corrected chi connectivity index (χ1v) is 7.80. The Morgan fingerprint density at radius 1 is 1.24 bits per heavy atom. The smallest absolute Gasteiger partial charge is 0.234 e. The predicted octanol–water partition coefficient (Wildman–Crippen LogP) is 3.03. The SMILES string of the molecule is COc1ccccc1CNC(=O)[C@H]1Cc2ccccc2S1. The molecule has 1 atom stereocenters. The van der Waals surface area contributed by atoms with Crippen LogP contribution in [0.25, 0.3) is 0 Å². The zero-order chi connectivity index (χ0) is 14.7. The van der Waals surface area contributed by atoms with E-state index in [-0.39, 0.29) is 11.2 Å². The average molecular weight is 299 g/mol. The molecule has 0 spiro atoms. The summed E-state index contributed by atoms with van der Waals surface area (Å²) in [6, 6.07) is 16.0. The molecule has 0 fully saturated rings. The van der Waals surface area contributed by atoms with Gasteiger partial charge >= 0.3 is 0 Å². The second-order valence-electron chi connectivity index (χ2n) is 4.95. The summed E-state index contributed by atoms with van der Waals surface area (Å²) in [5.41, 5.74) is 2.26. The highest BCUT2D eigenvalue weighted by atomic mass is 32.2. The van der Waals surface area contributed by atoms with Crippen molar-refractivity contribution in [1.29, 1.82) is 0 Å². The number of rotatable bonds is 4. The Balaban J connectivity index is 1.61. The molecule has 0 radical (unpaired) electrons. The molecule has 2 aromatic rings. The maximum absolute atomic E-state index is 12.3. The van der Waals surface area contributed by atoms with E-state index in [4.69, 9.17) is 4.74 Å². The Labute approximate surface area is 128 Å². The molecule has 21 heavy (non-hydrogen) atoms. The standard InChI is InChI=1S/C17H17NO2S/c1-20-14-8-4-2-7-13(14)11-18-17(19)16-10-12-6-3-5-9-15(12)21-16/h2-9,16H,10-11H2,1H3,(H,18,19)/t16-/m1/s1. The number of nitrogens with one attached hydrogen (secondary N) is 1. The van der Waals surface area contributed by atoms with E-state index in [9.17, 15) is 4.79 Å². The van der Waals surface area contributed by atoms with Crippen LogP contribution in [0.1, 0.15) is 11.1 Å². The quantitative estimate of drug-likeness (QED) is 0.943. The van der Waals surface area contributed by atoms with Gasteiger partial charge in [0.05, 0.1) is 12.4 Å². The summed E-state index contributed by atoms with van der Waals surface area (Å²) in [4.78, 5) is 13.5. The fraction of sp³-hybridized carbons (Fsp3) is 0.235. The van der Waals surface area contributed by atoms with E-state index in [0.29, 0.717) is 6.54 Å². The normalized spacial score (nSPS) is 16.3. The molecule has 3 nitrogen and oxygen atoms in total. The molecule has 0 bridgehead atoms. The number of benzene rings is 2. The average Bonchev–Trinajstić information content (AvgIpc) is 2.97. The molecule has 0 aliphatic carbocycles. The van der Waals surface area contributed by atoms with Crippen molar-refractivity contribution in [2.24, 2.45) is 0 Å². The largest absolute Gasteiger partial charge is 0.496 e. The summed E-state index contributed by atoms with van der Waals surface area (Å²) in [7, 11) is 1.64. The third kappa shape index (κ3) is 3.05. The minimum Gasteiger partial charge on any atom is -0.496 e. The second kappa shape index (κ2) is 6.22. The Bertz CT molecular complexity index is 632. The first kappa shape index (κ1) is 14.0. The second-order valence-corrected chi connectivity index (χ2v) is 6.19. The zero-order valence-corrected chi connectivity index (χ0v) is 12.7. The predicted molar refractivity (Wildman–Crippen MR) is 84.6 cm³/mol. The Kier molecular flexibility index (Phi) is 4.15. The minimum atomic E-state index is -0.0305. The van der Waals surface area contributed by atoms with Crippen LogP contribution in [0.4, 0.5) is 0 Å². The molecule has 1 N–H and O–H groups in total. The number of methoxy groups -OCH3 is 1. The van der Waals surface area contributed by atoms with Crippen molar-refractivity contribution in [3.05, 3.63) is 59.7 Å². The summed E-state index contributed by atoms with van der Waals surface area (Å²) < 4.78 is 5.30. The van der Waals surface area contributed by atoms with Gasteiger partial charge in [0.25, 0.3) is 0 Å². The number of hydrogen-bond acceptors (Lipinski definition) is 3. The lowest BCUT2D eigenvalue weighted by Gasteiger charge is -2.12. The number of para-hydroxylation sites is 1. The molecule has 0 saturated carbocycles. The first-order chi connectivity index (χ1) is 10.3. The third-order valence-corrected chi connectivity index (χ3v) is 4.90. The monoisotopic (exact) mass is 299 g/mol. The summed E-state index contributed by atoms with van der Waals surface area (Å²) in [5, 5.41) is 2.98. The number of amides is 1. The van der Waals surface area contributed by atoms with Gasteiger partial charge in [0, 0.05) is 17.0 Å². The lowest BCUT2D eigenvalue weighted by Crippen LogP contribution is -2.32. The van der Waals surface area contributed by atoms with E-state index in [1.807, 2.05) is 36.4 Å². The molecule has 0 saturated heterocycles. The summed E-state index contributed by atoms with van der Waals surface area (Å²) in [5.74, 6) is 0.891. The van der Waals surface area contributed by atoms with Crippen LogP contribution in [0.3, 0.4) is 0 Å². The van der Waals surface area contributed by atoms with Crippen LogP contribution in [0, 0.1) is 0 Å². The van der Waals surface area contributed by atoms with Gasteiger partial charge in [0.2, 0.25) is 5.91 Å². The number of thioether (sulfide) groups is 1. The van der Waals surface area contributed by atoms with E-state index in [1.54, 1.807) is 18.9 Å².